The maximum Gasteiger partial charge on any atom is 0.0640 e. The van der Waals surface area contributed by atoms with E-state index in [0.717, 1.165) is 24.5 Å². The molecule has 2 rings (SSSR count). The molecule has 0 saturated heterocycles. The summed E-state index contributed by atoms with van der Waals surface area (Å²) in [5.41, 5.74) is 8.79. The molecule has 2 N–H and O–H groups in total. The third-order valence-electron chi connectivity index (χ3n) is 2.97. The quantitative estimate of drug-likeness (QED) is 0.830. The zero-order chi connectivity index (χ0) is 13.5. The lowest BCUT2D eigenvalue weighted by Gasteiger charge is -2.24. The number of nitriles is 1. The van der Waals surface area contributed by atoms with Crippen LogP contribution in [0.2, 0.25) is 0 Å². The van der Waals surface area contributed by atoms with Crippen LogP contribution in [-0.2, 0) is 6.54 Å². The molecule has 96 valence electrons. The minimum absolute atomic E-state index is 0.511. The molecule has 0 saturated carbocycles. The summed E-state index contributed by atoms with van der Waals surface area (Å²) in [5.74, 6) is 0. The van der Waals surface area contributed by atoms with E-state index in [2.05, 4.69) is 23.1 Å². The minimum atomic E-state index is 0.511. The molecule has 0 heterocycles. The predicted octanol–water partition coefficient (Wildman–Crippen LogP) is 3.19. The molecule has 0 radical (unpaired) electrons. The van der Waals surface area contributed by atoms with Crippen molar-refractivity contribution in [1.29, 1.82) is 5.26 Å². The van der Waals surface area contributed by atoms with Crippen LogP contribution in [0.1, 0.15) is 12.0 Å². The SMILES string of the molecule is N#CCCN(Cc1ccccc1)c1ccc(N)cc1. The number of hydrogen-bond donors (Lipinski definition) is 1. The number of benzene rings is 2. The van der Waals surface area contributed by atoms with E-state index in [1.54, 1.807) is 0 Å². The molecule has 0 spiro atoms. The van der Waals surface area contributed by atoms with E-state index in [9.17, 15) is 0 Å². The standard InChI is InChI=1S/C16H17N3/c17-11-4-12-19(13-14-5-2-1-3-6-14)16-9-7-15(18)8-10-16/h1-3,5-10H,4,12-13,18H2. The maximum atomic E-state index is 8.78. The van der Waals surface area contributed by atoms with Crippen LogP contribution in [-0.4, -0.2) is 6.54 Å². The lowest BCUT2D eigenvalue weighted by Crippen LogP contribution is -2.23. The van der Waals surface area contributed by atoms with Gasteiger partial charge in [-0.25, -0.2) is 0 Å². The third-order valence-corrected chi connectivity index (χ3v) is 2.97. The van der Waals surface area contributed by atoms with Gasteiger partial charge in [-0.3, -0.25) is 0 Å². The first-order valence-electron chi connectivity index (χ1n) is 6.31. The second-order valence-electron chi connectivity index (χ2n) is 4.41. The fourth-order valence-electron chi connectivity index (χ4n) is 1.97. The monoisotopic (exact) mass is 251 g/mol. The number of hydrogen-bond acceptors (Lipinski definition) is 3. The van der Waals surface area contributed by atoms with Crippen molar-refractivity contribution in [2.45, 2.75) is 13.0 Å². The molecule has 0 bridgehead atoms. The first kappa shape index (κ1) is 13.0. The van der Waals surface area contributed by atoms with Gasteiger partial charge in [0, 0.05) is 24.5 Å². The van der Waals surface area contributed by atoms with Crippen molar-refractivity contribution >= 4 is 11.4 Å². The Kier molecular flexibility index (Phi) is 4.41. The number of nitrogens with two attached hydrogens (primary N) is 1. The Morgan fingerprint density at radius 2 is 1.68 bits per heavy atom. The van der Waals surface area contributed by atoms with Crippen molar-refractivity contribution < 1.29 is 0 Å². The van der Waals surface area contributed by atoms with Gasteiger partial charge in [0.1, 0.15) is 0 Å². The van der Waals surface area contributed by atoms with Crippen LogP contribution < -0.4 is 10.6 Å². The second-order valence-corrected chi connectivity index (χ2v) is 4.41. The van der Waals surface area contributed by atoms with Crippen LogP contribution in [0.3, 0.4) is 0 Å². The van der Waals surface area contributed by atoms with Crippen LogP contribution in [0.25, 0.3) is 0 Å². The molecule has 0 fully saturated rings. The highest BCUT2D eigenvalue weighted by atomic mass is 15.1. The van der Waals surface area contributed by atoms with Crippen molar-refractivity contribution in [3.8, 4) is 6.07 Å². The molecule has 19 heavy (non-hydrogen) atoms. The number of nitrogen functional groups attached to an aromatic ring is 1. The van der Waals surface area contributed by atoms with E-state index in [0.29, 0.717) is 6.42 Å². The van der Waals surface area contributed by atoms with Crippen LogP contribution in [0.15, 0.2) is 54.6 Å². The fraction of sp³-hybridized carbons (Fsp3) is 0.188. The van der Waals surface area contributed by atoms with Crippen molar-refractivity contribution in [3.05, 3.63) is 60.2 Å². The van der Waals surface area contributed by atoms with Gasteiger partial charge in [0.2, 0.25) is 0 Å². The Balaban J connectivity index is 2.16. The summed E-state index contributed by atoms with van der Waals surface area (Å²) >= 11 is 0. The summed E-state index contributed by atoms with van der Waals surface area (Å²) in [5, 5.41) is 8.78. The molecular weight excluding hydrogens is 234 g/mol. The highest BCUT2D eigenvalue weighted by Crippen LogP contribution is 2.19. The lowest BCUT2D eigenvalue weighted by atomic mass is 10.2. The van der Waals surface area contributed by atoms with Gasteiger partial charge in [0.05, 0.1) is 12.5 Å². The average molecular weight is 251 g/mol. The Bertz CT molecular complexity index is 540. The summed E-state index contributed by atoms with van der Waals surface area (Å²) < 4.78 is 0. The maximum absolute atomic E-state index is 8.78. The molecule has 3 heteroatoms. The van der Waals surface area contributed by atoms with E-state index in [1.165, 1.54) is 5.56 Å². The summed E-state index contributed by atoms with van der Waals surface area (Å²) in [4.78, 5) is 2.19. The molecule has 0 aliphatic carbocycles. The number of rotatable bonds is 5. The molecule has 2 aromatic rings. The van der Waals surface area contributed by atoms with E-state index >= 15 is 0 Å². The van der Waals surface area contributed by atoms with Crippen molar-refractivity contribution in [2.75, 3.05) is 17.2 Å². The van der Waals surface area contributed by atoms with Crippen molar-refractivity contribution in [3.63, 3.8) is 0 Å². The molecule has 0 atom stereocenters. The van der Waals surface area contributed by atoms with E-state index in [1.807, 2.05) is 42.5 Å². The summed E-state index contributed by atoms with van der Waals surface area (Å²) in [6.45, 7) is 1.52. The second kappa shape index (κ2) is 6.46. The Morgan fingerprint density at radius 1 is 1.00 bits per heavy atom. The largest absolute Gasteiger partial charge is 0.399 e. The smallest absolute Gasteiger partial charge is 0.0640 e. The normalized spacial score (nSPS) is 9.84. The van der Waals surface area contributed by atoms with E-state index in [4.69, 9.17) is 11.0 Å². The van der Waals surface area contributed by atoms with E-state index < -0.39 is 0 Å². The molecule has 0 aliphatic heterocycles. The van der Waals surface area contributed by atoms with Gasteiger partial charge in [0.15, 0.2) is 0 Å². The molecule has 0 aromatic heterocycles. The lowest BCUT2D eigenvalue weighted by molar-refractivity contribution is 0.798. The van der Waals surface area contributed by atoms with E-state index in [-0.39, 0.29) is 0 Å². The van der Waals surface area contributed by atoms with Gasteiger partial charge in [0.25, 0.3) is 0 Å². The average Bonchev–Trinajstić information content (AvgIpc) is 2.45. The van der Waals surface area contributed by atoms with Gasteiger partial charge in [-0.05, 0) is 29.8 Å². The highest BCUT2D eigenvalue weighted by molar-refractivity contribution is 5.53. The predicted molar refractivity (Wildman–Crippen MR) is 78.6 cm³/mol. The van der Waals surface area contributed by atoms with Gasteiger partial charge < -0.3 is 10.6 Å². The van der Waals surface area contributed by atoms with Crippen LogP contribution in [0.5, 0.6) is 0 Å². The third kappa shape index (κ3) is 3.75. The number of nitrogens with zero attached hydrogens (tertiary/aromatic N) is 2. The molecular formula is C16H17N3. The highest BCUT2D eigenvalue weighted by Gasteiger charge is 2.06. The molecule has 2 aromatic carbocycles. The van der Waals surface area contributed by atoms with Crippen molar-refractivity contribution in [2.24, 2.45) is 0 Å². The zero-order valence-electron chi connectivity index (χ0n) is 10.8. The van der Waals surface area contributed by atoms with Gasteiger partial charge in [-0.2, -0.15) is 5.26 Å². The van der Waals surface area contributed by atoms with Crippen LogP contribution >= 0.6 is 0 Å². The molecule has 3 nitrogen and oxygen atoms in total. The first-order valence-corrected chi connectivity index (χ1v) is 6.31. The molecule has 0 unspecified atom stereocenters. The minimum Gasteiger partial charge on any atom is -0.399 e. The Morgan fingerprint density at radius 3 is 2.32 bits per heavy atom. The Labute approximate surface area is 113 Å². The first-order chi connectivity index (χ1) is 9.29. The fourth-order valence-corrected chi connectivity index (χ4v) is 1.97. The topological polar surface area (TPSA) is 53.0 Å². The van der Waals surface area contributed by atoms with Crippen LogP contribution in [0, 0.1) is 11.3 Å². The van der Waals surface area contributed by atoms with Gasteiger partial charge >= 0.3 is 0 Å². The molecule has 0 amide bonds. The molecule has 0 aliphatic rings. The summed E-state index contributed by atoms with van der Waals surface area (Å²) in [6, 6.07) is 20.2. The van der Waals surface area contributed by atoms with Crippen molar-refractivity contribution in [1.82, 2.24) is 0 Å². The summed E-state index contributed by atoms with van der Waals surface area (Å²) in [6.07, 6.45) is 0.511. The van der Waals surface area contributed by atoms with Crippen LogP contribution in [0.4, 0.5) is 11.4 Å². The number of anilines is 2. The summed E-state index contributed by atoms with van der Waals surface area (Å²) in [7, 11) is 0. The Hall–Kier alpha value is -2.47. The zero-order valence-corrected chi connectivity index (χ0v) is 10.8. The van der Waals surface area contributed by atoms with Gasteiger partial charge in [-0.15, -0.1) is 0 Å². The van der Waals surface area contributed by atoms with Gasteiger partial charge in [-0.1, -0.05) is 30.3 Å².